The lowest BCUT2D eigenvalue weighted by molar-refractivity contribution is 0.0525. The number of carbonyl (C=O) groups is 2. The predicted octanol–water partition coefficient (Wildman–Crippen LogP) is 2.17. The van der Waals surface area contributed by atoms with Crippen molar-refractivity contribution in [3.05, 3.63) is 32.9 Å². The Morgan fingerprint density at radius 3 is 2.53 bits per heavy atom. The van der Waals surface area contributed by atoms with Crippen molar-refractivity contribution in [3.8, 4) is 0 Å². The molecule has 0 heterocycles. The fourth-order valence-electron chi connectivity index (χ4n) is 1.06. The van der Waals surface area contributed by atoms with Gasteiger partial charge in [0.1, 0.15) is 0 Å². The number of hydrogen-bond acceptors (Lipinski definition) is 3. The molecule has 0 fully saturated rings. The second kappa shape index (κ2) is 5.11. The van der Waals surface area contributed by atoms with Gasteiger partial charge in [-0.2, -0.15) is 0 Å². The third-order valence-corrected chi connectivity index (χ3v) is 2.89. The van der Waals surface area contributed by atoms with Crippen molar-refractivity contribution in [1.29, 1.82) is 0 Å². The molecule has 0 saturated carbocycles. The minimum atomic E-state index is -1.05. The van der Waals surface area contributed by atoms with E-state index in [1.54, 1.807) is 13.0 Å². The molecule has 0 aliphatic carbocycles. The summed E-state index contributed by atoms with van der Waals surface area (Å²) in [5.41, 5.74) is 0.401. The number of carboxylic acid groups (broad SMARTS) is 1. The van der Waals surface area contributed by atoms with Crippen LogP contribution in [0.3, 0.4) is 0 Å². The fraction of sp³-hybridized carbons (Fsp3) is 0.200. The maximum atomic E-state index is 11.4. The Bertz CT molecular complexity index is 400. The molecule has 0 aromatic heterocycles. The van der Waals surface area contributed by atoms with Crippen LogP contribution in [0.15, 0.2) is 18.2 Å². The van der Waals surface area contributed by atoms with Gasteiger partial charge in [0, 0.05) is 3.57 Å². The molecule has 0 bridgehead atoms. The molecule has 0 radical (unpaired) electrons. The number of ether oxygens (including phenoxy) is 1. The summed E-state index contributed by atoms with van der Waals surface area (Å²) in [4.78, 5) is 22.2. The van der Waals surface area contributed by atoms with Gasteiger partial charge < -0.3 is 9.84 Å². The second-order valence-electron chi connectivity index (χ2n) is 2.69. The molecule has 0 aliphatic rings. The van der Waals surface area contributed by atoms with Crippen molar-refractivity contribution in [1.82, 2.24) is 0 Å². The summed E-state index contributed by atoms with van der Waals surface area (Å²) in [5, 5.41) is 8.84. The van der Waals surface area contributed by atoms with Crippen molar-refractivity contribution in [2.24, 2.45) is 0 Å². The molecule has 80 valence electrons. The maximum Gasteiger partial charge on any atom is 0.339 e. The van der Waals surface area contributed by atoms with Gasteiger partial charge in [-0.3, -0.25) is 0 Å². The molecule has 0 spiro atoms. The third-order valence-electron chi connectivity index (χ3n) is 1.72. The van der Waals surface area contributed by atoms with Crippen molar-refractivity contribution >= 4 is 34.5 Å². The number of carboxylic acids is 1. The van der Waals surface area contributed by atoms with Gasteiger partial charge in [0.25, 0.3) is 0 Å². The first-order valence-electron chi connectivity index (χ1n) is 4.26. The minimum absolute atomic E-state index is 0.112. The molecule has 1 N–H and O–H groups in total. The summed E-state index contributed by atoms with van der Waals surface area (Å²) in [6.45, 7) is 1.97. The van der Waals surface area contributed by atoms with Crippen LogP contribution >= 0.6 is 22.6 Å². The van der Waals surface area contributed by atoms with Gasteiger partial charge in [-0.1, -0.05) is 6.07 Å². The van der Waals surface area contributed by atoms with E-state index < -0.39 is 11.9 Å². The highest BCUT2D eigenvalue weighted by Gasteiger charge is 2.16. The Morgan fingerprint density at radius 2 is 2.00 bits per heavy atom. The van der Waals surface area contributed by atoms with Crippen molar-refractivity contribution in [3.63, 3.8) is 0 Å². The third kappa shape index (κ3) is 2.68. The minimum Gasteiger partial charge on any atom is -0.478 e. The fourth-order valence-corrected chi connectivity index (χ4v) is 1.87. The van der Waals surface area contributed by atoms with E-state index in [4.69, 9.17) is 9.84 Å². The van der Waals surface area contributed by atoms with E-state index in [1.165, 1.54) is 12.1 Å². The smallest absolute Gasteiger partial charge is 0.339 e. The average molecular weight is 320 g/mol. The second-order valence-corrected chi connectivity index (χ2v) is 3.77. The quantitative estimate of drug-likeness (QED) is 0.685. The number of benzene rings is 1. The summed E-state index contributed by atoms with van der Waals surface area (Å²) >= 11 is 1.83. The van der Waals surface area contributed by atoms with E-state index in [0.717, 1.165) is 0 Å². The lowest BCUT2D eigenvalue weighted by atomic mass is 10.1. The molecule has 5 heteroatoms. The Labute approximate surface area is 100 Å². The molecule has 1 rings (SSSR count). The van der Waals surface area contributed by atoms with E-state index in [9.17, 15) is 9.59 Å². The summed E-state index contributed by atoms with van der Waals surface area (Å²) in [6, 6.07) is 4.52. The highest BCUT2D eigenvalue weighted by atomic mass is 127. The van der Waals surface area contributed by atoms with E-state index in [1.807, 2.05) is 22.6 Å². The van der Waals surface area contributed by atoms with Gasteiger partial charge in [-0.25, -0.2) is 9.59 Å². The first-order valence-corrected chi connectivity index (χ1v) is 5.34. The van der Waals surface area contributed by atoms with Crippen LogP contribution in [-0.4, -0.2) is 23.7 Å². The number of aromatic carboxylic acids is 1. The molecule has 15 heavy (non-hydrogen) atoms. The van der Waals surface area contributed by atoms with Crippen molar-refractivity contribution in [2.75, 3.05) is 6.61 Å². The summed E-state index contributed by atoms with van der Waals surface area (Å²) in [6.07, 6.45) is 0. The largest absolute Gasteiger partial charge is 0.478 e. The Morgan fingerprint density at radius 1 is 1.40 bits per heavy atom. The number of hydrogen-bond donors (Lipinski definition) is 1. The van der Waals surface area contributed by atoms with Crippen LogP contribution in [0, 0.1) is 3.57 Å². The predicted molar refractivity (Wildman–Crippen MR) is 62.1 cm³/mol. The summed E-state index contributed by atoms with van der Waals surface area (Å²) in [5.74, 6) is -1.55. The lowest BCUT2D eigenvalue weighted by Crippen LogP contribution is -2.10. The molecule has 1 aromatic rings. The average Bonchev–Trinajstić information content (AvgIpc) is 2.17. The Kier molecular flexibility index (Phi) is 4.07. The SMILES string of the molecule is CCOC(=O)c1cccc(C(=O)O)c1I. The van der Waals surface area contributed by atoms with Gasteiger partial charge in [0.05, 0.1) is 17.7 Å². The lowest BCUT2D eigenvalue weighted by Gasteiger charge is -2.06. The standard InChI is InChI=1S/C10H9IO4/c1-2-15-10(14)7-5-3-4-6(8(7)11)9(12)13/h3-5H,2H2,1H3,(H,12,13). The summed E-state index contributed by atoms with van der Waals surface area (Å²) in [7, 11) is 0. The van der Waals surface area contributed by atoms with Gasteiger partial charge in [0.2, 0.25) is 0 Å². The molecular formula is C10H9IO4. The van der Waals surface area contributed by atoms with Gasteiger partial charge >= 0.3 is 11.9 Å². The molecule has 0 saturated heterocycles. The van der Waals surface area contributed by atoms with Crippen molar-refractivity contribution < 1.29 is 19.4 Å². The first-order chi connectivity index (χ1) is 7.07. The molecule has 0 unspecified atom stereocenters. The highest BCUT2D eigenvalue weighted by Crippen LogP contribution is 2.18. The zero-order chi connectivity index (χ0) is 11.4. The van der Waals surface area contributed by atoms with Gasteiger partial charge in [0.15, 0.2) is 0 Å². The Balaban J connectivity index is 3.15. The highest BCUT2D eigenvalue weighted by molar-refractivity contribution is 14.1. The topological polar surface area (TPSA) is 63.6 Å². The summed E-state index contributed by atoms with van der Waals surface area (Å²) < 4.78 is 5.21. The van der Waals surface area contributed by atoms with E-state index in [2.05, 4.69) is 0 Å². The molecule has 0 aliphatic heterocycles. The monoisotopic (exact) mass is 320 g/mol. The Hall–Kier alpha value is -1.11. The molecule has 0 atom stereocenters. The normalized spacial score (nSPS) is 9.73. The molecular weight excluding hydrogens is 311 g/mol. The van der Waals surface area contributed by atoms with E-state index >= 15 is 0 Å². The number of rotatable bonds is 3. The van der Waals surface area contributed by atoms with Crippen LogP contribution in [0.5, 0.6) is 0 Å². The van der Waals surface area contributed by atoms with Crippen LogP contribution in [0.2, 0.25) is 0 Å². The van der Waals surface area contributed by atoms with Gasteiger partial charge in [-0.15, -0.1) is 0 Å². The van der Waals surface area contributed by atoms with Crippen molar-refractivity contribution in [2.45, 2.75) is 6.92 Å². The number of esters is 1. The van der Waals surface area contributed by atoms with E-state index in [0.29, 0.717) is 3.57 Å². The van der Waals surface area contributed by atoms with Crippen LogP contribution in [0.1, 0.15) is 27.6 Å². The van der Waals surface area contributed by atoms with Crippen LogP contribution in [-0.2, 0) is 4.74 Å². The number of carbonyl (C=O) groups excluding carboxylic acids is 1. The van der Waals surface area contributed by atoms with Crippen LogP contribution < -0.4 is 0 Å². The first kappa shape index (κ1) is 12.0. The van der Waals surface area contributed by atoms with Gasteiger partial charge in [-0.05, 0) is 41.6 Å². The molecule has 4 nitrogen and oxygen atoms in total. The molecule has 1 aromatic carbocycles. The zero-order valence-electron chi connectivity index (χ0n) is 7.99. The van der Waals surface area contributed by atoms with Crippen LogP contribution in [0.25, 0.3) is 0 Å². The van der Waals surface area contributed by atoms with Crippen LogP contribution in [0.4, 0.5) is 0 Å². The number of halogens is 1. The zero-order valence-corrected chi connectivity index (χ0v) is 10.1. The molecule has 0 amide bonds. The maximum absolute atomic E-state index is 11.4. The van der Waals surface area contributed by atoms with E-state index in [-0.39, 0.29) is 17.7 Å².